The number of carbonyl (C=O) groups excluding carboxylic acids is 1. The van der Waals surface area contributed by atoms with E-state index < -0.39 is 0 Å². The summed E-state index contributed by atoms with van der Waals surface area (Å²) in [6.07, 6.45) is 8.70. The molecular formula is C14H26N2O2. The molecule has 0 bridgehead atoms. The van der Waals surface area contributed by atoms with Gasteiger partial charge in [-0.25, -0.2) is 0 Å². The second-order valence-corrected chi connectivity index (χ2v) is 6.08. The Bertz CT molecular complexity index is 271. The Kier molecular flexibility index (Phi) is 5.01. The molecule has 0 aromatic rings. The first-order valence-corrected chi connectivity index (χ1v) is 7.36. The topological polar surface area (TPSA) is 75.4 Å². The lowest BCUT2D eigenvalue weighted by Gasteiger charge is -2.32. The van der Waals surface area contributed by atoms with Crippen molar-refractivity contribution in [2.24, 2.45) is 17.6 Å². The number of nitrogens with one attached hydrogen (secondary N) is 1. The fraction of sp³-hybridized carbons (Fsp3) is 0.929. The predicted molar refractivity (Wildman–Crippen MR) is 70.9 cm³/mol. The first-order valence-electron chi connectivity index (χ1n) is 7.36. The maximum Gasteiger partial charge on any atom is 0.236 e. The number of aliphatic hydroxyl groups excluding tert-OH is 1. The molecule has 2 saturated carbocycles. The molecule has 1 amide bonds. The Morgan fingerprint density at radius 1 is 1.22 bits per heavy atom. The molecule has 4 heteroatoms. The van der Waals surface area contributed by atoms with Crippen molar-refractivity contribution in [2.45, 2.75) is 63.5 Å². The molecule has 0 heterocycles. The van der Waals surface area contributed by atoms with Gasteiger partial charge in [0.05, 0.1) is 12.1 Å². The van der Waals surface area contributed by atoms with Crippen LogP contribution in [0.1, 0.15) is 51.4 Å². The van der Waals surface area contributed by atoms with E-state index in [0.29, 0.717) is 18.4 Å². The number of carbonyl (C=O) groups is 1. The summed E-state index contributed by atoms with van der Waals surface area (Å²) in [5, 5.41) is 12.1. The van der Waals surface area contributed by atoms with Crippen LogP contribution >= 0.6 is 0 Å². The smallest absolute Gasteiger partial charge is 0.236 e. The van der Waals surface area contributed by atoms with Crippen molar-refractivity contribution in [1.29, 1.82) is 0 Å². The maximum absolute atomic E-state index is 11.8. The highest BCUT2D eigenvalue weighted by Gasteiger charge is 2.28. The van der Waals surface area contributed by atoms with E-state index in [-0.39, 0.29) is 18.1 Å². The molecule has 0 radical (unpaired) electrons. The Hall–Kier alpha value is -0.610. The summed E-state index contributed by atoms with van der Waals surface area (Å²) in [6, 6.07) is -0.349. The van der Waals surface area contributed by atoms with E-state index in [2.05, 4.69) is 5.32 Å². The molecule has 4 N–H and O–H groups in total. The summed E-state index contributed by atoms with van der Waals surface area (Å²) in [5.41, 5.74) is 5.96. The highest BCUT2D eigenvalue weighted by Crippen LogP contribution is 2.27. The summed E-state index contributed by atoms with van der Waals surface area (Å²) >= 11 is 0. The van der Waals surface area contributed by atoms with Gasteiger partial charge in [-0.3, -0.25) is 4.79 Å². The van der Waals surface area contributed by atoms with E-state index in [1.54, 1.807) is 0 Å². The van der Waals surface area contributed by atoms with Crippen molar-refractivity contribution in [3.63, 3.8) is 0 Å². The molecule has 18 heavy (non-hydrogen) atoms. The van der Waals surface area contributed by atoms with E-state index in [1.807, 2.05) is 0 Å². The second-order valence-electron chi connectivity index (χ2n) is 6.08. The fourth-order valence-electron chi connectivity index (χ4n) is 3.13. The van der Waals surface area contributed by atoms with Gasteiger partial charge in [0.1, 0.15) is 0 Å². The third-order valence-corrected chi connectivity index (χ3v) is 4.42. The van der Waals surface area contributed by atoms with Gasteiger partial charge in [0.15, 0.2) is 0 Å². The SMILES string of the molecule is NC(CC1CCCCC1)C(=O)NCC1CC(O)C1. The predicted octanol–water partition coefficient (Wildman–Crippen LogP) is 1.17. The first-order chi connectivity index (χ1) is 8.65. The molecule has 0 aromatic heterocycles. The molecule has 104 valence electrons. The van der Waals surface area contributed by atoms with Crippen molar-refractivity contribution >= 4 is 5.91 Å². The minimum Gasteiger partial charge on any atom is -0.393 e. The number of hydrogen-bond donors (Lipinski definition) is 3. The van der Waals surface area contributed by atoms with Gasteiger partial charge in [-0.15, -0.1) is 0 Å². The van der Waals surface area contributed by atoms with Gasteiger partial charge < -0.3 is 16.2 Å². The summed E-state index contributed by atoms with van der Waals surface area (Å²) in [7, 11) is 0. The van der Waals surface area contributed by atoms with Crippen LogP contribution in [0.15, 0.2) is 0 Å². The molecule has 4 nitrogen and oxygen atoms in total. The molecule has 2 aliphatic rings. The minimum absolute atomic E-state index is 0.0121. The number of amides is 1. The van der Waals surface area contributed by atoms with Crippen LogP contribution in [-0.2, 0) is 4.79 Å². The number of rotatable bonds is 5. The van der Waals surface area contributed by atoms with Gasteiger partial charge in [0.2, 0.25) is 5.91 Å². The first kappa shape index (κ1) is 13.8. The van der Waals surface area contributed by atoms with E-state index in [4.69, 9.17) is 5.73 Å². The zero-order valence-electron chi connectivity index (χ0n) is 11.1. The average Bonchev–Trinajstić information content (AvgIpc) is 2.34. The third kappa shape index (κ3) is 3.95. The fourth-order valence-corrected chi connectivity index (χ4v) is 3.13. The molecule has 0 spiro atoms. The molecule has 2 rings (SSSR count). The number of aliphatic hydroxyl groups is 1. The standard InChI is InChI=1S/C14H26N2O2/c15-13(8-10-4-2-1-3-5-10)14(18)16-9-11-6-12(17)7-11/h10-13,17H,1-9,15H2,(H,16,18). The van der Waals surface area contributed by atoms with Crippen LogP contribution < -0.4 is 11.1 Å². The van der Waals surface area contributed by atoms with Crippen LogP contribution in [0.5, 0.6) is 0 Å². The Morgan fingerprint density at radius 3 is 2.50 bits per heavy atom. The van der Waals surface area contributed by atoms with E-state index in [0.717, 1.165) is 19.3 Å². The van der Waals surface area contributed by atoms with Crippen LogP contribution in [0.4, 0.5) is 0 Å². The summed E-state index contributed by atoms with van der Waals surface area (Å²) < 4.78 is 0. The lowest BCUT2D eigenvalue weighted by Crippen LogP contribution is -2.45. The van der Waals surface area contributed by atoms with Gasteiger partial charge in [-0.2, -0.15) is 0 Å². The van der Waals surface area contributed by atoms with Crippen molar-refractivity contribution in [1.82, 2.24) is 5.32 Å². The van der Waals surface area contributed by atoms with Gasteiger partial charge in [0, 0.05) is 6.54 Å². The highest BCUT2D eigenvalue weighted by atomic mass is 16.3. The molecule has 0 saturated heterocycles. The quantitative estimate of drug-likeness (QED) is 0.689. The minimum atomic E-state index is -0.349. The number of nitrogens with two attached hydrogens (primary N) is 1. The molecule has 0 aromatic carbocycles. The molecule has 1 unspecified atom stereocenters. The molecule has 1 atom stereocenters. The van der Waals surface area contributed by atoms with Crippen molar-refractivity contribution in [3.05, 3.63) is 0 Å². The van der Waals surface area contributed by atoms with Crippen LogP contribution in [-0.4, -0.2) is 29.7 Å². The van der Waals surface area contributed by atoms with Gasteiger partial charge in [0.25, 0.3) is 0 Å². The van der Waals surface area contributed by atoms with Crippen LogP contribution in [0.2, 0.25) is 0 Å². The molecule has 2 fully saturated rings. The normalized spacial score (nSPS) is 30.6. The van der Waals surface area contributed by atoms with E-state index >= 15 is 0 Å². The van der Waals surface area contributed by atoms with Crippen molar-refractivity contribution < 1.29 is 9.90 Å². The molecule has 0 aliphatic heterocycles. The Morgan fingerprint density at radius 2 is 1.89 bits per heavy atom. The van der Waals surface area contributed by atoms with Crippen molar-refractivity contribution in [2.75, 3.05) is 6.54 Å². The molecular weight excluding hydrogens is 228 g/mol. The number of hydrogen-bond acceptors (Lipinski definition) is 3. The van der Waals surface area contributed by atoms with Crippen molar-refractivity contribution in [3.8, 4) is 0 Å². The highest BCUT2D eigenvalue weighted by molar-refractivity contribution is 5.81. The Labute approximate surface area is 109 Å². The molecule has 2 aliphatic carbocycles. The average molecular weight is 254 g/mol. The van der Waals surface area contributed by atoms with Crippen LogP contribution in [0.25, 0.3) is 0 Å². The zero-order valence-corrected chi connectivity index (χ0v) is 11.1. The summed E-state index contributed by atoms with van der Waals surface area (Å²) in [4.78, 5) is 11.8. The lowest BCUT2D eigenvalue weighted by molar-refractivity contribution is -0.123. The van der Waals surface area contributed by atoms with Gasteiger partial charge >= 0.3 is 0 Å². The van der Waals surface area contributed by atoms with Gasteiger partial charge in [-0.05, 0) is 31.1 Å². The lowest BCUT2D eigenvalue weighted by atomic mass is 9.82. The van der Waals surface area contributed by atoms with Crippen LogP contribution in [0.3, 0.4) is 0 Å². The van der Waals surface area contributed by atoms with Crippen LogP contribution in [0, 0.1) is 11.8 Å². The third-order valence-electron chi connectivity index (χ3n) is 4.42. The second kappa shape index (κ2) is 6.53. The largest absolute Gasteiger partial charge is 0.393 e. The zero-order chi connectivity index (χ0) is 13.0. The maximum atomic E-state index is 11.8. The summed E-state index contributed by atoms with van der Waals surface area (Å²) in [5.74, 6) is 1.08. The van der Waals surface area contributed by atoms with E-state index in [9.17, 15) is 9.90 Å². The summed E-state index contributed by atoms with van der Waals surface area (Å²) in [6.45, 7) is 0.675. The van der Waals surface area contributed by atoms with E-state index in [1.165, 1.54) is 32.1 Å². The Balaban J connectivity index is 1.61. The van der Waals surface area contributed by atoms with Gasteiger partial charge in [-0.1, -0.05) is 32.1 Å². The monoisotopic (exact) mass is 254 g/mol.